The molecule has 0 aliphatic heterocycles. The Kier molecular flexibility index (Phi) is 6.05. The van der Waals surface area contributed by atoms with Gasteiger partial charge in [0.2, 0.25) is 5.91 Å². The average Bonchev–Trinajstić information content (AvgIpc) is 2.17. The van der Waals surface area contributed by atoms with Gasteiger partial charge in [0.15, 0.2) is 0 Å². The number of halogens is 1. The fourth-order valence-corrected chi connectivity index (χ4v) is 1.15. The zero-order valence-corrected chi connectivity index (χ0v) is 11.4. The van der Waals surface area contributed by atoms with E-state index in [-0.39, 0.29) is 30.3 Å². The van der Waals surface area contributed by atoms with Gasteiger partial charge in [0, 0.05) is 5.41 Å². The zero-order valence-electron chi connectivity index (χ0n) is 10.6. The number of anilines is 1. The first kappa shape index (κ1) is 15.8. The number of hydrogen-bond donors (Lipinski definition) is 2. The van der Waals surface area contributed by atoms with Crippen LogP contribution in [0.1, 0.15) is 26.6 Å². The number of nitrogens with zero attached hydrogens (tertiary/aromatic N) is 2. The monoisotopic (exact) mass is 258 g/mol. The van der Waals surface area contributed by atoms with Gasteiger partial charge in [-0.2, -0.15) is 0 Å². The highest BCUT2D eigenvalue weighted by atomic mass is 35.5. The molecule has 0 radical (unpaired) electrons. The first-order valence-corrected chi connectivity index (χ1v) is 5.20. The van der Waals surface area contributed by atoms with Crippen LogP contribution in [0.25, 0.3) is 0 Å². The number of carbonyl (C=O) groups is 1. The van der Waals surface area contributed by atoms with Crippen LogP contribution in [0, 0.1) is 0 Å². The summed E-state index contributed by atoms with van der Waals surface area (Å²) in [6, 6.07) is 0. The summed E-state index contributed by atoms with van der Waals surface area (Å²) < 4.78 is 0. The summed E-state index contributed by atoms with van der Waals surface area (Å²) in [5, 5.41) is 5.47. The van der Waals surface area contributed by atoms with Gasteiger partial charge >= 0.3 is 0 Å². The van der Waals surface area contributed by atoms with Gasteiger partial charge in [0.05, 0.1) is 24.6 Å². The second-order valence-electron chi connectivity index (χ2n) is 4.62. The molecule has 2 N–H and O–H groups in total. The molecule has 0 aliphatic rings. The number of hydrogen-bond acceptors (Lipinski definition) is 4. The third kappa shape index (κ3) is 5.10. The van der Waals surface area contributed by atoms with Crippen molar-refractivity contribution in [2.45, 2.75) is 26.2 Å². The van der Waals surface area contributed by atoms with Crippen molar-refractivity contribution in [1.82, 2.24) is 15.3 Å². The zero-order chi connectivity index (χ0) is 12.2. The SMILES string of the molecule is CNCC(=O)Nc1cnc(C(C)(C)C)nc1.Cl. The highest BCUT2D eigenvalue weighted by Crippen LogP contribution is 2.17. The minimum absolute atomic E-state index is 0. The second-order valence-corrected chi connectivity index (χ2v) is 4.62. The molecule has 1 heterocycles. The lowest BCUT2D eigenvalue weighted by Crippen LogP contribution is -2.25. The van der Waals surface area contributed by atoms with E-state index in [2.05, 4.69) is 20.6 Å². The lowest BCUT2D eigenvalue weighted by molar-refractivity contribution is -0.115. The van der Waals surface area contributed by atoms with E-state index in [4.69, 9.17) is 0 Å². The molecule has 0 spiro atoms. The van der Waals surface area contributed by atoms with Gasteiger partial charge in [-0.3, -0.25) is 4.79 Å². The Balaban J connectivity index is 0.00000256. The van der Waals surface area contributed by atoms with Crippen molar-refractivity contribution in [3.05, 3.63) is 18.2 Å². The highest BCUT2D eigenvalue weighted by Gasteiger charge is 2.16. The maximum absolute atomic E-state index is 11.3. The molecular weight excluding hydrogens is 240 g/mol. The van der Waals surface area contributed by atoms with Gasteiger partial charge in [0.1, 0.15) is 5.82 Å². The minimum Gasteiger partial charge on any atom is -0.322 e. The van der Waals surface area contributed by atoms with Crippen molar-refractivity contribution in [2.75, 3.05) is 18.9 Å². The van der Waals surface area contributed by atoms with Gasteiger partial charge in [-0.25, -0.2) is 9.97 Å². The van der Waals surface area contributed by atoms with Crippen LogP contribution in [-0.4, -0.2) is 29.5 Å². The van der Waals surface area contributed by atoms with Gasteiger partial charge in [-0.05, 0) is 7.05 Å². The van der Waals surface area contributed by atoms with Crippen LogP contribution in [0.3, 0.4) is 0 Å². The standard InChI is InChI=1S/C11H18N4O.ClH/c1-11(2,3)10-13-5-8(6-14-10)15-9(16)7-12-4;/h5-6,12H,7H2,1-4H3,(H,15,16);1H. The summed E-state index contributed by atoms with van der Waals surface area (Å²) in [7, 11) is 1.72. The predicted molar refractivity (Wildman–Crippen MR) is 70.5 cm³/mol. The van der Waals surface area contributed by atoms with E-state index in [9.17, 15) is 4.79 Å². The van der Waals surface area contributed by atoms with Crippen LogP contribution >= 0.6 is 12.4 Å². The Morgan fingerprint density at radius 3 is 2.24 bits per heavy atom. The normalized spacial score (nSPS) is 10.6. The molecule has 0 saturated carbocycles. The number of likely N-dealkylation sites (N-methyl/N-ethyl adjacent to an activating group) is 1. The average molecular weight is 259 g/mol. The topological polar surface area (TPSA) is 66.9 Å². The molecule has 0 atom stereocenters. The number of amides is 1. The summed E-state index contributed by atoms with van der Waals surface area (Å²) in [5.74, 6) is 0.661. The van der Waals surface area contributed by atoms with Crippen LogP contribution in [-0.2, 0) is 10.2 Å². The van der Waals surface area contributed by atoms with Gasteiger partial charge in [-0.15, -0.1) is 12.4 Å². The van der Waals surface area contributed by atoms with Gasteiger partial charge in [0.25, 0.3) is 0 Å². The van der Waals surface area contributed by atoms with Crippen LogP contribution in [0.2, 0.25) is 0 Å². The maximum Gasteiger partial charge on any atom is 0.238 e. The van der Waals surface area contributed by atoms with Crippen molar-refractivity contribution in [3.8, 4) is 0 Å². The number of carbonyl (C=O) groups excluding carboxylic acids is 1. The number of rotatable bonds is 3. The van der Waals surface area contributed by atoms with Crippen molar-refractivity contribution in [2.24, 2.45) is 0 Å². The Morgan fingerprint density at radius 2 is 1.82 bits per heavy atom. The molecule has 0 bridgehead atoms. The quantitative estimate of drug-likeness (QED) is 0.859. The lowest BCUT2D eigenvalue weighted by atomic mass is 9.96. The fourth-order valence-electron chi connectivity index (χ4n) is 1.15. The first-order valence-electron chi connectivity index (χ1n) is 5.20. The van der Waals surface area contributed by atoms with Gasteiger partial charge < -0.3 is 10.6 Å². The van der Waals surface area contributed by atoms with Crippen LogP contribution in [0.15, 0.2) is 12.4 Å². The summed E-state index contributed by atoms with van der Waals surface area (Å²) in [4.78, 5) is 19.7. The molecule has 1 aromatic rings. The lowest BCUT2D eigenvalue weighted by Gasteiger charge is -2.16. The molecule has 17 heavy (non-hydrogen) atoms. The van der Waals surface area contributed by atoms with Crippen molar-refractivity contribution < 1.29 is 4.79 Å². The third-order valence-electron chi connectivity index (χ3n) is 1.94. The Morgan fingerprint density at radius 1 is 1.29 bits per heavy atom. The summed E-state index contributed by atoms with van der Waals surface area (Å²) in [6.07, 6.45) is 3.25. The molecule has 5 nitrogen and oxygen atoms in total. The largest absolute Gasteiger partial charge is 0.322 e. The van der Waals surface area contributed by atoms with E-state index in [0.29, 0.717) is 5.69 Å². The van der Waals surface area contributed by atoms with Crippen molar-refractivity contribution in [1.29, 1.82) is 0 Å². The molecule has 96 valence electrons. The van der Waals surface area contributed by atoms with Crippen molar-refractivity contribution >= 4 is 24.0 Å². The number of aromatic nitrogens is 2. The summed E-state index contributed by atoms with van der Waals surface area (Å²) in [6.45, 7) is 6.41. The molecule has 1 amide bonds. The molecule has 1 aromatic heterocycles. The molecule has 0 aliphatic carbocycles. The van der Waals surface area contributed by atoms with E-state index in [1.807, 2.05) is 20.8 Å². The molecule has 0 fully saturated rings. The van der Waals surface area contributed by atoms with Crippen molar-refractivity contribution in [3.63, 3.8) is 0 Å². The van der Waals surface area contributed by atoms with E-state index >= 15 is 0 Å². The van der Waals surface area contributed by atoms with Crippen LogP contribution in [0.4, 0.5) is 5.69 Å². The molecule has 1 rings (SSSR count). The van der Waals surface area contributed by atoms with Gasteiger partial charge in [-0.1, -0.05) is 20.8 Å². The molecule has 0 unspecified atom stereocenters. The van der Waals surface area contributed by atoms with E-state index in [1.54, 1.807) is 19.4 Å². The molecule has 6 heteroatoms. The first-order chi connectivity index (χ1) is 7.43. The molecule has 0 aromatic carbocycles. The Labute approximate surface area is 108 Å². The Bertz CT molecular complexity index is 359. The maximum atomic E-state index is 11.3. The second kappa shape index (κ2) is 6.51. The third-order valence-corrected chi connectivity index (χ3v) is 1.94. The summed E-state index contributed by atoms with van der Waals surface area (Å²) >= 11 is 0. The smallest absolute Gasteiger partial charge is 0.238 e. The van der Waals surface area contributed by atoms with E-state index in [1.165, 1.54) is 0 Å². The van der Waals surface area contributed by atoms with Crippen LogP contribution < -0.4 is 10.6 Å². The minimum atomic E-state index is -0.102. The Hall–Kier alpha value is -1.20. The van der Waals surface area contributed by atoms with E-state index < -0.39 is 0 Å². The molecular formula is C11H19ClN4O. The fraction of sp³-hybridized carbons (Fsp3) is 0.545. The molecule has 0 saturated heterocycles. The highest BCUT2D eigenvalue weighted by molar-refractivity contribution is 5.91. The van der Waals surface area contributed by atoms with Crippen LogP contribution in [0.5, 0.6) is 0 Å². The summed E-state index contributed by atoms with van der Waals surface area (Å²) in [5.41, 5.74) is 0.543. The van der Waals surface area contributed by atoms with E-state index in [0.717, 1.165) is 5.82 Å². The predicted octanol–water partition coefficient (Wildman–Crippen LogP) is 1.35. The number of nitrogens with one attached hydrogen (secondary N) is 2.